The fourth-order valence-corrected chi connectivity index (χ4v) is 2.64. The van der Waals surface area contributed by atoms with Crippen molar-refractivity contribution in [2.45, 2.75) is 45.6 Å². The molecule has 0 aliphatic heterocycles. The zero-order chi connectivity index (χ0) is 12.4. The molecular weight excluding hydrogens is 210 g/mol. The van der Waals surface area contributed by atoms with Crippen LogP contribution in [0.4, 0.5) is 11.5 Å². The van der Waals surface area contributed by atoms with Gasteiger partial charge in [-0.2, -0.15) is 0 Å². The van der Waals surface area contributed by atoms with Crippen LogP contribution >= 0.6 is 0 Å². The van der Waals surface area contributed by atoms with Crippen molar-refractivity contribution in [2.75, 3.05) is 17.7 Å². The maximum atomic E-state index is 6.11. The van der Waals surface area contributed by atoms with Crippen LogP contribution < -0.4 is 10.6 Å². The van der Waals surface area contributed by atoms with E-state index in [1.165, 1.54) is 25.7 Å². The van der Waals surface area contributed by atoms with Gasteiger partial charge in [0.05, 0.1) is 5.69 Å². The Bertz CT molecular complexity index is 381. The van der Waals surface area contributed by atoms with Crippen molar-refractivity contribution >= 4 is 11.5 Å². The van der Waals surface area contributed by atoms with E-state index in [0.29, 0.717) is 6.04 Å². The van der Waals surface area contributed by atoms with E-state index in [4.69, 9.17) is 5.73 Å². The predicted octanol–water partition coefficient (Wildman–Crippen LogP) is 2.99. The monoisotopic (exact) mass is 233 g/mol. The van der Waals surface area contributed by atoms with Gasteiger partial charge in [-0.25, -0.2) is 4.98 Å². The first-order valence-electron chi connectivity index (χ1n) is 6.53. The molecule has 3 heteroatoms. The van der Waals surface area contributed by atoms with Crippen LogP contribution in [-0.4, -0.2) is 18.1 Å². The van der Waals surface area contributed by atoms with Crippen molar-refractivity contribution in [3.8, 4) is 0 Å². The Labute approximate surface area is 104 Å². The molecule has 1 saturated carbocycles. The first-order valence-corrected chi connectivity index (χ1v) is 6.53. The number of nitrogens with zero attached hydrogens (tertiary/aromatic N) is 2. The topological polar surface area (TPSA) is 42.2 Å². The number of pyridine rings is 1. The van der Waals surface area contributed by atoms with Crippen molar-refractivity contribution < 1.29 is 0 Å². The minimum absolute atomic E-state index is 0.600. The van der Waals surface area contributed by atoms with Gasteiger partial charge >= 0.3 is 0 Å². The molecule has 17 heavy (non-hydrogen) atoms. The van der Waals surface area contributed by atoms with Gasteiger partial charge in [-0.05, 0) is 50.2 Å². The van der Waals surface area contributed by atoms with Gasteiger partial charge in [0.15, 0.2) is 5.82 Å². The second-order valence-electron chi connectivity index (χ2n) is 5.39. The van der Waals surface area contributed by atoms with Crippen molar-refractivity contribution in [1.82, 2.24) is 4.98 Å². The third kappa shape index (κ3) is 2.54. The summed E-state index contributed by atoms with van der Waals surface area (Å²) >= 11 is 0. The highest BCUT2D eigenvalue weighted by Gasteiger charge is 2.23. The summed E-state index contributed by atoms with van der Waals surface area (Å²) in [6, 6.07) is 2.57. The number of aromatic nitrogens is 1. The number of nitrogen functional groups attached to an aromatic ring is 1. The molecule has 0 bridgehead atoms. The van der Waals surface area contributed by atoms with Crippen LogP contribution in [0.1, 0.15) is 38.2 Å². The molecule has 3 nitrogen and oxygen atoms in total. The van der Waals surface area contributed by atoms with Crippen molar-refractivity contribution in [3.63, 3.8) is 0 Å². The number of hydrogen-bond donors (Lipinski definition) is 1. The van der Waals surface area contributed by atoms with E-state index in [-0.39, 0.29) is 0 Å². The van der Waals surface area contributed by atoms with Gasteiger partial charge in [0, 0.05) is 19.3 Å². The Balaban J connectivity index is 2.14. The van der Waals surface area contributed by atoms with Crippen molar-refractivity contribution in [2.24, 2.45) is 5.92 Å². The molecule has 1 aliphatic rings. The summed E-state index contributed by atoms with van der Waals surface area (Å²) in [6.07, 6.45) is 7.00. The molecule has 1 fully saturated rings. The van der Waals surface area contributed by atoms with E-state index in [2.05, 4.69) is 23.9 Å². The first-order chi connectivity index (χ1) is 8.09. The average Bonchev–Trinajstić information content (AvgIpc) is 2.33. The van der Waals surface area contributed by atoms with Gasteiger partial charge < -0.3 is 10.6 Å². The second kappa shape index (κ2) is 4.94. The van der Waals surface area contributed by atoms with Gasteiger partial charge in [0.2, 0.25) is 0 Å². The molecule has 0 aromatic carbocycles. The number of anilines is 2. The highest BCUT2D eigenvalue weighted by atomic mass is 15.2. The molecule has 1 aromatic rings. The quantitative estimate of drug-likeness (QED) is 0.854. The van der Waals surface area contributed by atoms with Crippen molar-refractivity contribution in [3.05, 3.63) is 17.8 Å². The summed E-state index contributed by atoms with van der Waals surface area (Å²) in [5.74, 6) is 1.83. The Morgan fingerprint density at radius 1 is 1.29 bits per heavy atom. The summed E-state index contributed by atoms with van der Waals surface area (Å²) in [5, 5.41) is 0. The molecule has 0 radical (unpaired) electrons. The van der Waals surface area contributed by atoms with Crippen LogP contribution in [0.3, 0.4) is 0 Å². The van der Waals surface area contributed by atoms with Crippen LogP contribution in [0.2, 0.25) is 0 Å². The third-order valence-corrected chi connectivity index (χ3v) is 4.05. The molecular formula is C14H23N3. The minimum Gasteiger partial charge on any atom is -0.396 e. The van der Waals surface area contributed by atoms with Crippen LogP contribution in [-0.2, 0) is 0 Å². The Kier molecular flexibility index (Phi) is 3.55. The van der Waals surface area contributed by atoms with E-state index in [1.807, 2.05) is 19.2 Å². The highest BCUT2D eigenvalue weighted by molar-refractivity contribution is 5.66. The van der Waals surface area contributed by atoms with Crippen molar-refractivity contribution in [1.29, 1.82) is 0 Å². The molecule has 0 amide bonds. The predicted molar refractivity (Wildman–Crippen MR) is 73.2 cm³/mol. The first kappa shape index (κ1) is 12.2. The smallest absolute Gasteiger partial charge is 0.152 e. The molecule has 1 heterocycles. The third-order valence-electron chi connectivity index (χ3n) is 4.05. The van der Waals surface area contributed by atoms with E-state index in [1.54, 1.807) is 0 Å². The molecule has 0 unspecified atom stereocenters. The van der Waals surface area contributed by atoms with E-state index in [0.717, 1.165) is 23.0 Å². The van der Waals surface area contributed by atoms with Crippen LogP contribution in [0.5, 0.6) is 0 Å². The SMILES string of the molecule is Cc1ccnc(N(C)C2CCC(C)CC2)c1N. The van der Waals surface area contributed by atoms with Gasteiger partial charge in [-0.15, -0.1) is 0 Å². The number of hydrogen-bond acceptors (Lipinski definition) is 3. The molecule has 94 valence electrons. The molecule has 2 N–H and O–H groups in total. The maximum Gasteiger partial charge on any atom is 0.152 e. The Morgan fingerprint density at radius 3 is 2.59 bits per heavy atom. The maximum absolute atomic E-state index is 6.11. The molecule has 1 aromatic heterocycles. The van der Waals surface area contributed by atoms with Gasteiger partial charge in [0.1, 0.15) is 0 Å². The zero-order valence-corrected chi connectivity index (χ0v) is 11.1. The minimum atomic E-state index is 0.600. The number of nitrogens with two attached hydrogens (primary N) is 1. The summed E-state index contributed by atoms with van der Waals surface area (Å²) in [6.45, 7) is 4.38. The lowest BCUT2D eigenvalue weighted by atomic mass is 9.87. The lowest BCUT2D eigenvalue weighted by Gasteiger charge is -2.35. The van der Waals surface area contributed by atoms with E-state index in [9.17, 15) is 0 Å². The van der Waals surface area contributed by atoms with Crippen LogP contribution in [0.15, 0.2) is 12.3 Å². The zero-order valence-electron chi connectivity index (χ0n) is 11.1. The van der Waals surface area contributed by atoms with E-state index < -0.39 is 0 Å². The second-order valence-corrected chi connectivity index (χ2v) is 5.39. The Hall–Kier alpha value is -1.25. The highest BCUT2D eigenvalue weighted by Crippen LogP contribution is 2.31. The fourth-order valence-electron chi connectivity index (χ4n) is 2.64. The van der Waals surface area contributed by atoms with Gasteiger partial charge in [0.25, 0.3) is 0 Å². The lowest BCUT2D eigenvalue weighted by molar-refractivity contribution is 0.340. The normalized spacial score (nSPS) is 24.6. The molecule has 0 atom stereocenters. The fraction of sp³-hybridized carbons (Fsp3) is 0.643. The summed E-state index contributed by atoms with van der Waals surface area (Å²) in [5.41, 5.74) is 8.06. The Morgan fingerprint density at radius 2 is 1.94 bits per heavy atom. The standard InChI is InChI=1S/C14H23N3/c1-10-4-6-12(7-5-10)17(3)14-13(15)11(2)8-9-16-14/h8-10,12H,4-7,15H2,1-3H3. The van der Waals surface area contributed by atoms with Crippen LogP contribution in [0, 0.1) is 12.8 Å². The molecule has 0 spiro atoms. The molecule has 2 rings (SSSR count). The number of rotatable bonds is 2. The summed E-state index contributed by atoms with van der Waals surface area (Å²) in [4.78, 5) is 6.71. The van der Waals surface area contributed by atoms with Gasteiger partial charge in [-0.3, -0.25) is 0 Å². The molecule has 1 aliphatic carbocycles. The largest absolute Gasteiger partial charge is 0.396 e. The summed E-state index contributed by atoms with van der Waals surface area (Å²) < 4.78 is 0. The van der Waals surface area contributed by atoms with E-state index >= 15 is 0 Å². The lowest BCUT2D eigenvalue weighted by Crippen LogP contribution is -2.35. The van der Waals surface area contributed by atoms with Gasteiger partial charge in [-0.1, -0.05) is 6.92 Å². The summed E-state index contributed by atoms with van der Waals surface area (Å²) in [7, 11) is 2.12. The average molecular weight is 233 g/mol. The number of aryl methyl sites for hydroxylation is 1. The van der Waals surface area contributed by atoms with Crippen LogP contribution in [0.25, 0.3) is 0 Å². The molecule has 0 saturated heterocycles.